The summed E-state index contributed by atoms with van der Waals surface area (Å²) in [5, 5.41) is 0. The number of benzene rings is 2. The van der Waals surface area contributed by atoms with Crippen LogP contribution in [0.15, 0.2) is 70.9 Å². The molecule has 130 valence electrons. The highest BCUT2D eigenvalue weighted by Gasteiger charge is 2.24. The monoisotopic (exact) mass is 343 g/mol. The maximum Gasteiger partial charge on any atom is 0.184 e. The maximum absolute atomic E-state index is 6.38. The molecule has 0 aliphatic carbocycles. The van der Waals surface area contributed by atoms with Gasteiger partial charge in [0.05, 0.1) is 11.4 Å². The van der Waals surface area contributed by atoms with Crippen LogP contribution in [0.3, 0.4) is 0 Å². The number of aliphatic imine (C=N–C) groups is 2. The van der Waals surface area contributed by atoms with E-state index in [1.807, 2.05) is 41.1 Å². The van der Waals surface area contributed by atoms with Crippen LogP contribution in [0.25, 0.3) is 0 Å². The Labute approximate surface area is 152 Å². The fourth-order valence-corrected chi connectivity index (χ4v) is 3.26. The summed E-state index contributed by atoms with van der Waals surface area (Å²) in [4.78, 5) is 14.2. The molecule has 1 aromatic heterocycles. The Balaban J connectivity index is 1.97. The van der Waals surface area contributed by atoms with Gasteiger partial charge in [-0.2, -0.15) is 0 Å². The Morgan fingerprint density at radius 1 is 1.12 bits per heavy atom. The summed E-state index contributed by atoms with van der Waals surface area (Å²) in [6.45, 7) is 4.15. The van der Waals surface area contributed by atoms with E-state index in [0.29, 0.717) is 5.84 Å². The van der Waals surface area contributed by atoms with Gasteiger partial charge in [-0.3, -0.25) is 4.99 Å². The Morgan fingerprint density at radius 2 is 1.92 bits per heavy atom. The molecule has 1 aliphatic heterocycles. The van der Waals surface area contributed by atoms with E-state index in [2.05, 4.69) is 37.0 Å². The first-order valence-electron chi connectivity index (χ1n) is 8.77. The normalized spacial score (nSPS) is 16.5. The molecule has 2 aromatic carbocycles. The van der Waals surface area contributed by atoms with Gasteiger partial charge in [0, 0.05) is 29.9 Å². The number of rotatable bonds is 3. The average Bonchev–Trinajstić information content (AvgIpc) is 3.08. The predicted octanol–water partition coefficient (Wildman–Crippen LogP) is 3.79. The zero-order chi connectivity index (χ0) is 18.1. The van der Waals surface area contributed by atoms with Crippen molar-refractivity contribution in [2.75, 3.05) is 0 Å². The van der Waals surface area contributed by atoms with Crippen LogP contribution >= 0.6 is 0 Å². The lowest BCUT2D eigenvalue weighted by molar-refractivity contribution is 0.628. The van der Waals surface area contributed by atoms with Crippen LogP contribution in [0.1, 0.15) is 35.6 Å². The number of aromatic nitrogens is 2. The van der Waals surface area contributed by atoms with Gasteiger partial charge >= 0.3 is 0 Å². The largest absolute Gasteiger partial charge is 0.384 e. The number of fused-ring (bicyclic) bond motifs is 1. The van der Waals surface area contributed by atoms with E-state index < -0.39 is 6.17 Å². The van der Waals surface area contributed by atoms with E-state index in [1.54, 1.807) is 6.20 Å². The summed E-state index contributed by atoms with van der Waals surface area (Å²) in [6, 6.07) is 16.4. The van der Waals surface area contributed by atoms with Crippen LogP contribution < -0.4 is 5.73 Å². The molecule has 0 amide bonds. The molecule has 0 saturated carbocycles. The molecule has 0 fully saturated rings. The van der Waals surface area contributed by atoms with Crippen molar-refractivity contribution in [1.29, 1.82) is 0 Å². The molecule has 3 aromatic rings. The fraction of sp³-hybridized carbons (Fsp3) is 0.190. The highest BCUT2D eigenvalue weighted by atomic mass is 15.2. The fourth-order valence-electron chi connectivity index (χ4n) is 3.26. The van der Waals surface area contributed by atoms with Crippen LogP contribution in [0, 0.1) is 6.92 Å². The summed E-state index contributed by atoms with van der Waals surface area (Å²) in [7, 11) is 0. The molecule has 4 rings (SSSR count). The quantitative estimate of drug-likeness (QED) is 0.786. The smallest absolute Gasteiger partial charge is 0.184 e. The minimum absolute atomic E-state index is 0.407. The average molecular weight is 343 g/mol. The third-order valence-corrected chi connectivity index (χ3v) is 4.55. The lowest BCUT2D eigenvalue weighted by Crippen LogP contribution is -2.26. The van der Waals surface area contributed by atoms with Gasteiger partial charge in [-0.1, -0.05) is 48.9 Å². The van der Waals surface area contributed by atoms with E-state index >= 15 is 0 Å². The van der Waals surface area contributed by atoms with Crippen molar-refractivity contribution in [1.82, 2.24) is 9.55 Å². The van der Waals surface area contributed by atoms with E-state index in [4.69, 9.17) is 15.7 Å². The lowest BCUT2D eigenvalue weighted by atomic mass is 9.99. The zero-order valence-corrected chi connectivity index (χ0v) is 14.9. The first kappa shape index (κ1) is 16.3. The van der Waals surface area contributed by atoms with E-state index in [9.17, 15) is 0 Å². The minimum atomic E-state index is -0.407. The van der Waals surface area contributed by atoms with E-state index in [1.165, 1.54) is 0 Å². The molecule has 1 unspecified atom stereocenters. The van der Waals surface area contributed by atoms with Gasteiger partial charge in [-0.25, -0.2) is 9.98 Å². The molecule has 1 aliphatic rings. The molecule has 0 saturated heterocycles. The SMILES string of the molecule is CCc1nccn1C1N=C(c2ccccc2)c2cc(C)ccc2N=C1N. The van der Waals surface area contributed by atoms with Gasteiger partial charge in [0.25, 0.3) is 0 Å². The summed E-state index contributed by atoms with van der Waals surface area (Å²) in [5.74, 6) is 1.40. The second-order valence-corrected chi connectivity index (χ2v) is 6.38. The van der Waals surface area contributed by atoms with Gasteiger partial charge in [0.15, 0.2) is 6.17 Å². The second kappa shape index (κ2) is 6.59. The van der Waals surface area contributed by atoms with Gasteiger partial charge in [0.1, 0.15) is 11.7 Å². The van der Waals surface area contributed by atoms with Crippen molar-refractivity contribution in [3.63, 3.8) is 0 Å². The molecule has 5 heteroatoms. The summed E-state index contributed by atoms with van der Waals surface area (Å²) in [6.07, 6.45) is 4.10. The predicted molar refractivity (Wildman–Crippen MR) is 105 cm³/mol. The summed E-state index contributed by atoms with van der Waals surface area (Å²) in [5.41, 5.74) is 11.3. The second-order valence-electron chi connectivity index (χ2n) is 6.38. The van der Waals surface area contributed by atoms with Crippen LogP contribution in [-0.2, 0) is 6.42 Å². The first-order valence-corrected chi connectivity index (χ1v) is 8.77. The van der Waals surface area contributed by atoms with Gasteiger partial charge in [-0.15, -0.1) is 0 Å². The summed E-state index contributed by atoms with van der Waals surface area (Å²) >= 11 is 0. The van der Waals surface area contributed by atoms with E-state index in [-0.39, 0.29) is 0 Å². The number of nitrogens with zero attached hydrogens (tertiary/aromatic N) is 4. The van der Waals surface area contributed by atoms with Crippen molar-refractivity contribution in [2.24, 2.45) is 15.7 Å². The van der Waals surface area contributed by atoms with Gasteiger partial charge < -0.3 is 10.3 Å². The maximum atomic E-state index is 6.38. The molecule has 2 heterocycles. The molecule has 2 N–H and O–H groups in total. The van der Waals surface area contributed by atoms with E-state index in [0.717, 1.165) is 40.3 Å². The molecular formula is C21H21N5. The molecule has 26 heavy (non-hydrogen) atoms. The third-order valence-electron chi connectivity index (χ3n) is 4.55. The molecule has 0 radical (unpaired) electrons. The van der Waals surface area contributed by atoms with Crippen molar-refractivity contribution in [3.8, 4) is 0 Å². The number of imidazole rings is 1. The number of nitrogens with two attached hydrogens (primary N) is 1. The lowest BCUT2D eigenvalue weighted by Gasteiger charge is -2.16. The minimum Gasteiger partial charge on any atom is -0.384 e. The van der Waals surface area contributed by atoms with Crippen LogP contribution in [-0.4, -0.2) is 21.1 Å². The Hall–Kier alpha value is -3.21. The molecule has 5 nitrogen and oxygen atoms in total. The Morgan fingerprint density at radius 3 is 2.69 bits per heavy atom. The van der Waals surface area contributed by atoms with Crippen LogP contribution in [0.2, 0.25) is 0 Å². The molecule has 0 bridgehead atoms. The Kier molecular flexibility index (Phi) is 4.13. The van der Waals surface area contributed by atoms with Gasteiger partial charge in [0.2, 0.25) is 0 Å². The summed E-state index contributed by atoms with van der Waals surface area (Å²) < 4.78 is 2.00. The molecular weight excluding hydrogens is 322 g/mol. The zero-order valence-electron chi connectivity index (χ0n) is 14.9. The van der Waals surface area contributed by atoms with Crippen molar-refractivity contribution in [3.05, 3.63) is 83.4 Å². The molecule has 0 spiro atoms. The topological polar surface area (TPSA) is 68.6 Å². The Bertz CT molecular complexity index is 998. The highest BCUT2D eigenvalue weighted by molar-refractivity contribution is 6.17. The van der Waals surface area contributed by atoms with Crippen molar-refractivity contribution < 1.29 is 0 Å². The van der Waals surface area contributed by atoms with Gasteiger partial charge in [-0.05, 0) is 19.1 Å². The third kappa shape index (κ3) is 2.81. The van der Waals surface area contributed by atoms with Crippen LogP contribution in [0.4, 0.5) is 5.69 Å². The number of amidine groups is 1. The number of hydrogen-bond acceptors (Lipinski definition) is 4. The van der Waals surface area contributed by atoms with Crippen LogP contribution in [0.5, 0.6) is 0 Å². The first-order chi connectivity index (χ1) is 12.7. The van der Waals surface area contributed by atoms with Crippen molar-refractivity contribution >= 4 is 17.2 Å². The molecule has 1 atom stereocenters. The number of hydrogen-bond donors (Lipinski definition) is 1. The standard InChI is InChI=1S/C21H21N5/c1-3-18-23-11-12-26(18)21-20(22)24-17-10-9-14(2)13-16(17)19(25-21)15-7-5-4-6-8-15/h4-13,21H,3H2,1-2H3,(H2,22,24). The highest BCUT2D eigenvalue weighted by Crippen LogP contribution is 2.30. The number of aryl methyl sites for hydroxylation is 2. The van der Waals surface area contributed by atoms with Crippen molar-refractivity contribution in [2.45, 2.75) is 26.4 Å².